The van der Waals surface area contributed by atoms with Gasteiger partial charge in [0.2, 0.25) is 0 Å². The van der Waals surface area contributed by atoms with Crippen LogP contribution in [0.2, 0.25) is 0 Å². The van der Waals surface area contributed by atoms with Crippen molar-refractivity contribution < 1.29 is 9.18 Å². The maximum Gasteiger partial charge on any atom is 0.196 e. The van der Waals surface area contributed by atoms with E-state index in [-0.39, 0.29) is 11.6 Å². The molecular weight excluding hydrogens is 273 g/mol. The Kier molecular flexibility index (Phi) is 3.78. The van der Waals surface area contributed by atoms with E-state index in [9.17, 15) is 9.18 Å². The smallest absolute Gasteiger partial charge is 0.196 e. The standard InChI is InChI=1S/C13H11ClFNOS/c1-7-13(18-8(2)16-7)12(17)11(14)9-3-5-10(15)6-4-9/h3-6,11H,1-2H3. The molecule has 2 nitrogen and oxygen atoms in total. The lowest BCUT2D eigenvalue weighted by Crippen LogP contribution is -2.07. The first-order chi connectivity index (χ1) is 8.49. The van der Waals surface area contributed by atoms with Crippen molar-refractivity contribution in [1.82, 2.24) is 4.98 Å². The summed E-state index contributed by atoms with van der Waals surface area (Å²) in [5.74, 6) is -0.536. The van der Waals surface area contributed by atoms with E-state index in [2.05, 4.69) is 4.98 Å². The van der Waals surface area contributed by atoms with Gasteiger partial charge in [0.05, 0.1) is 15.6 Å². The van der Waals surface area contributed by atoms with Crippen LogP contribution < -0.4 is 0 Å². The molecule has 2 aromatic rings. The quantitative estimate of drug-likeness (QED) is 0.628. The number of carbonyl (C=O) groups excluding carboxylic acids is 1. The lowest BCUT2D eigenvalue weighted by molar-refractivity contribution is 0.0990. The first-order valence-corrected chi connectivity index (χ1v) is 6.62. The topological polar surface area (TPSA) is 30.0 Å². The van der Waals surface area contributed by atoms with E-state index in [4.69, 9.17) is 11.6 Å². The molecule has 1 aromatic heterocycles. The Morgan fingerprint density at radius 1 is 1.33 bits per heavy atom. The Hall–Kier alpha value is -1.26. The second-order valence-corrected chi connectivity index (χ2v) is 5.57. The molecule has 0 aliphatic carbocycles. The fourth-order valence-corrected chi connectivity index (χ4v) is 2.87. The number of alkyl halides is 1. The monoisotopic (exact) mass is 283 g/mol. The van der Waals surface area contributed by atoms with Crippen molar-refractivity contribution in [2.45, 2.75) is 19.2 Å². The molecule has 1 unspecified atom stereocenters. The zero-order chi connectivity index (χ0) is 13.3. The second kappa shape index (κ2) is 5.16. The molecular formula is C13H11ClFNOS. The Morgan fingerprint density at radius 3 is 2.44 bits per heavy atom. The Balaban J connectivity index is 2.29. The van der Waals surface area contributed by atoms with Crippen LogP contribution in [-0.4, -0.2) is 10.8 Å². The van der Waals surface area contributed by atoms with Crippen molar-refractivity contribution >= 4 is 28.7 Å². The molecule has 0 bridgehead atoms. The highest BCUT2D eigenvalue weighted by Gasteiger charge is 2.23. The summed E-state index contributed by atoms with van der Waals surface area (Å²) in [6, 6.07) is 5.63. The number of ketones is 1. The summed E-state index contributed by atoms with van der Waals surface area (Å²) < 4.78 is 12.8. The van der Waals surface area contributed by atoms with Gasteiger partial charge in [0.15, 0.2) is 5.78 Å². The van der Waals surface area contributed by atoms with Crippen molar-refractivity contribution in [2.24, 2.45) is 0 Å². The number of hydrogen-bond acceptors (Lipinski definition) is 3. The van der Waals surface area contributed by atoms with E-state index in [0.29, 0.717) is 16.1 Å². The van der Waals surface area contributed by atoms with Crippen molar-refractivity contribution in [1.29, 1.82) is 0 Å². The van der Waals surface area contributed by atoms with Crippen molar-refractivity contribution in [3.8, 4) is 0 Å². The first-order valence-electron chi connectivity index (χ1n) is 5.37. The zero-order valence-electron chi connectivity index (χ0n) is 9.91. The van der Waals surface area contributed by atoms with Crippen LogP contribution in [0.15, 0.2) is 24.3 Å². The van der Waals surface area contributed by atoms with Gasteiger partial charge in [-0.15, -0.1) is 22.9 Å². The maximum atomic E-state index is 12.8. The average molecular weight is 284 g/mol. The highest BCUT2D eigenvalue weighted by Crippen LogP contribution is 2.29. The van der Waals surface area contributed by atoms with Crippen LogP contribution in [-0.2, 0) is 0 Å². The molecule has 0 fully saturated rings. The first kappa shape index (κ1) is 13.2. The number of aromatic nitrogens is 1. The molecule has 1 aromatic carbocycles. The number of benzene rings is 1. The minimum absolute atomic E-state index is 0.189. The summed E-state index contributed by atoms with van der Waals surface area (Å²) >= 11 is 7.46. The highest BCUT2D eigenvalue weighted by atomic mass is 35.5. The molecule has 0 saturated carbocycles. The van der Waals surface area contributed by atoms with Crippen LogP contribution in [0.4, 0.5) is 4.39 Å². The van der Waals surface area contributed by atoms with E-state index >= 15 is 0 Å². The maximum absolute atomic E-state index is 12.8. The third kappa shape index (κ3) is 2.60. The van der Waals surface area contributed by atoms with E-state index in [1.54, 1.807) is 6.92 Å². The van der Waals surface area contributed by atoms with Crippen molar-refractivity contribution in [3.63, 3.8) is 0 Å². The molecule has 2 rings (SSSR count). The summed E-state index contributed by atoms with van der Waals surface area (Å²) in [6.07, 6.45) is 0. The van der Waals surface area contributed by atoms with Gasteiger partial charge < -0.3 is 0 Å². The molecule has 0 spiro atoms. The number of nitrogens with zero attached hydrogens (tertiary/aromatic N) is 1. The summed E-state index contributed by atoms with van der Waals surface area (Å²) in [5.41, 5.74) is 1.28. The number of Topliss-reactive ketones (excluding diaryl/α,β-unsaturated/α-hetero) is 1. The Morgan fingerprint density at radius 2 is 1.94 bits per heavy atom. The van der Waals surface area contributed by atoms with Crippen LogP contribution in [0.3, 0.4) is 0 Å². The van der Waals surface area contributed by atoms with Crippen LogP contribution >= 0.6 is 22.9 Å². The van der Waals surface area contributed by atoms with E-state index in [0.717, 1.165) is 5.01 Å². The van der Waals surface area contributed by atoms with Gasteiger partial charge in [-0.25, -0.2) is 9.37 Å². The SMILES string of the molecule is Cc1nc(C)c(C(=O)C(Cl)c2ccc(F)cc2)s1. The van der Waals surface area contributed by atoms with Gasteiger partial charge in [-0.2, -0.15) is 0 Å². The molecule has 0 amide bonds. The van der Waals surface area contributed by atoms with Gasteiger partial charge >= 0.3 is 0 Å². The van der Waals surface area contributed by atoms with Crippen LogP contribution in [0.25, 0.3) is 0 Å². The van der Waals surface area contributed by atoms with Crippen molar-refractivity contribution in [2.75, 3.05) is 0 Å². The summed E-state index contributed by atoms with van der Waals surface area (Å²) in [5, 5.41) is 0.0305. The predicted molar refractivity (Wildman–Crippen MR) is 70.9 cm³/mol. The van der Waals surface area contributed by atoms with Gasteiger partial charge in [0.1, 0.15) is 11.2 Å². The minimum atomic E-state index is -0.802. The number of carbonyl (C=O) groups is 1. The van der Waals surface area contributed by atoms with Gasteiger partial charge in [-0.05, 0) is 31.5 Å². The fraction of sp³-hybridized carbons (Fsp3) is 0.231. The molecule has 0 aliphatic rings. The third-order valence-electron chi connectivity index (χ3n) is 2.52. The van der Waals surface area contributed by atoms with Gasteiger partial charge in [0.25, 0.3) is 0 Å². The van der Waals surface area contributed by atoms with E-state index in [1.807, 2.05) is 6.92 Å². The number of aryl methyl sites for hydroxylation is 2. The predicted octanol–water partition coefficient (Wildman–Crippen LogP) is 4.06. The Bertz CT molecular complexity index is 579. The van der Waals surface area contributed by atoms with Crippen LogP contribution in [0.1, 0.15) is 31.3 Å². The number of thiazole rings is 1. The largest absolute Gasteiger partial charge is 0.291 e. The zero-order valence-corrected chi connectivity index (χ0v) is 11.5. The molecule has 94 valence electrons. The fourth-order valence-electron chi connectivity index (χ4n) is 1.66. The lowest BCUT2D eigenvalue weighted by atomic mass is 10.1. The normalized spacial score (nSPS) is 12.4. The molecule has 0 N–H and O–H groups in total. The van der Waals surface area contributed by atoms with Gasteiger partial charge in [0, 0.05) is 0 Å². The molecule has 0 saturated heterocycles. The van der Waals surface area contributed by atoms with Crippen LogP contribution in [0, 0.1) is 19.7 Å². The highest BCUT2D eigenvalue weighted by molar-refractivity contribution is 7.13. The van der Waals surface area contributed by atoms with Crippen LogP contribution in [0.5, 0.6) is 0 Å². The number of hydrogen-bond donors (Lipinski definition) is 0. The summed E-state index contributed by atoms with van der Waals surface area (Å²) in [4.78, 5) is 17.0. The van der Waals surface area contributed by atoms with Gasteiger partial charge in [-0.1, -0.05) is 12.1 Å². The number of rotatable bonds is 3. The molecule has 5 heteroatoms. The van der Waals surface area contributed by atoms with E-state index in [1.165, 1.54) is 35.6 Å². The third-order valence-corrected chi connectivity index (χ3v) is 4.06. The number of halogens is 2. The molecule has 1 atom stereocenters. The molecule has 1 heterocycles. The molecule has 0 aliphatic heterocycles. The van der Waals surface area contributed by atoms with Crippen molar-refractivity contribution in [3.05, 3.63) is 51.2 Å². The lowest BCUT2D eigenvalue weighted by Gasteiger charge is -2.07. The minimum Gasteiger partial charge on any atom is -0.291 e. The average Bonchev–Trinajstić information content (AvgIpc) is 2.67. The van der Waals surface area contributed by atoms with E-state index < -0.39 is 5.38 Å². The molecule has 18 heavy (non-hydrogen) atoms. The Labute approximate surface area is 113 Å². The molecule has 0 radical (unpaired) electrons. The van der Waals surface area contributed by atoms with Gasteiger partial charge in [-0.3, -0.25) is 4.79 Å². The summed E-state index contributed by atoms with van der Waals surface area (Å²) in [6.45, 7) is 3.63. The summed E-state index contributed by atoms with van der Waals surface area (Å²) in [7, 11) is 0. The second-order valence-electron chi connectivity index (χ2n) is 3.93.